The van der Waals surface area contributed by atoms with E-state index in [1.165, 1.54) is 0 Å². The molecule has 0 aromatic rings. The van der Waals surface area contributed by atoms with Crippen LogP contribution in [0.5, 0.6) is 0 Å². The van der Waals surface area contributed by atoms with Crippen LogP contribution in [0, 0.1) is 0 Å². The summed E-state index contributed by atoms with van der Waals surface area (Å²) in [5, 5.41) is 8.66. The van der Waals surface area contributed by atoms with Gasteiger partial charge in [0.1, 0.15) is 6.04 Å². The quantitative estimate of drug-likeness (QED) is 0.583. The first-order valence-electron chi connectivity index (χ1n) is 3.57. The Hall–Kier alpha value is -0.570. The van der Waals surface area contributed by atoms with Crippen molar-refractivity contribution >= 4 is 5.97 Å². The largest absolute Gasteiger partial charge is 0.480 e. The van der Waals surface area contributed by atoms with Crippen molar-refractivity contribution in [1.29, 1.82) is 0 Å². The predicted octanol–water partition coefficient (Wildman–Crippen LogP) is 0.554. The number of carbonyl (C=O) groups is 1. The molecule has 1 fully saturated rings. The maximum absolute atomic E-state index is 10.5. The van der Waals surface area contributed by atoms with Crippen molar-refractivity contribution in [3.05, 3.63) is 0 Å². The first kappa shape index (κ1) is 7.54. The SMILES string of the molecule is C[C@H]1CC[C@@H](C(=O)O)N1C. The highest BCUT2D eigenvalue weighted by Crippen LogP contribution is 2.21. The summed E-state index contributed by atoms with van der Waals surface area (Å²) in [5.41, 5.74) is 0. The summed E-state index contributed by atoms with van der Waals surface area (Å²) in [6.45, 7) is 2.06. The van der Waals surface area contributed by atoms with E-state index >= 15 is 0 Å². The maximum Gasteiger partial charge on any atom is 0.320 e. The van der Waals surface area contributed by atoms with Gasteiger partial charge < -0.3 is 5.11 Å². The molecule has 0 spiro atoms. The Balaban J connectivity index is 2.57. The fourth-order valence-electron chi connectivity index (χ4n) is 1.41. The van der Waals surface area contributed by atoms with Crippen molar-refractivity contribution in [2.75, 3.05) is 7.05 Å². The van der Waals surface area contributed by atoms with E-state index in [1.807, 2.05) is 11.9 Å². The maximum atomic E-state index is 10.5. The van der Waals surface area contributed by atoms with Gasteiger partial charge in [-0.25, -0.2) is 0 Å². The molecule has 1 heterocycles. The lowest BCUT2D eigenvalue weighted by molar-refractivity contribution is -0.142. The minimum absolute atomic E-state index is 0.241. The van der Waals surface area contributed by atoms with Crippen molar-refractivity contribution in [2.24, 2.45) is 0 Å². The molecule has 1 saturated heterocycles. The molecule has 10 heavy (non-hydrogen) atoms. The number of aliphatic carboxylic acids is 1. The van der Waals surface area contributed by atoms with Crippen molar-refractivity contribution in [1.82, 2.24) is 4.90 Å². The molecule has 2 atom stereocenters. The number of likely N-dealkylation sites (N-methyl/N-ethyl adjacent to an activating group) is 1. The van der Waals surface area contributed by atoms with Crippen LogP contribution in [0.2, 0.25) is 0 Å². The molecule has 0 aliphatic carbocycles. The highest BCUT2D eigenvalue weighted by molar-refractivity contribution is 5.73. The van der Waals surface area contributed by atoms with E-state index in [2.05, 4.69) is 6.92 Å². The van der Waals surface area contributed by atoms with Crippen molar-refractivity contribution in [3.8, 4) is 0 Å². The standard InChI is InChI=1S/C7H13NO2/c1-5-3-4-6(7(9)10)8(5)2/h5-6H,3-4H2,1-2H3,(H,9,10)/t5-,6-/m0/s1. The zero-order chi connectivity index (χ0) is 7.72. The van der Waals surface area contributed by atoms with E-state index in [0.717, 1.165) is 12.8 Å². The van der Waals surface area contributed by atoms with E-state index in [9.17, 15) is 4.79 Å². The van der Waals surface area contributed by atoms with Crippen molar-refractivity contribution < 1.29 is 9.90 Å². The second-order valence-corrected chi connectivity index (χ2v) is 2.95. The highest BCUT2D eigenvalue weighted by atomic mass is 16.4. The Labute approximate surface area is 60.6 Å². The van der Waals surface area contributed by atoms with Crippen LogP contribution in [0.1, 0.15) is 19.8 Å². The first-order valence-corrected chi connectivity index (χ1v) is 3.57. The molecule has 0 aromatic heterocycles. The summed E-state index contributed by atoms with van der Waals surface area (Å²) in [6, 6.07) is 0.191. The monoisotopic (exact) mass is 143 g/mol. The number of carboxylic acid groups (broad SMARTS) is 1. The van der Waals surface area contributed by atoms with Crippen molar-refractivity contribution in [3.63, 3.8) is 0 Å². The number of hydrogen-bond acceptors (Lipinski definition) is 2. The number of rotatable bonds is 1. The minimum atomic E-state index is -0.688. The highest BCUT2D eigenvalue weighted by Gasteiger charge is 2.32. The van der Waals surface area contributed by atoms with Crippen LogP contribution >= 0.6 is 0 Å². The fraction of sp³-hybridized carbons (Fsp3) is 0.857. The van der Waals surface area contributed by atoms with Gasteiger partial charge in [-0.1, -0.05) is 0 Å². The fourth-order valence-corrected chi connectivity index (χ4v) is 1.41. The van der Waals surface area contributed by atoms with Crippen LogP contribution in [0.25, 0.3) is 0 Å². The predicted molar refractivity (Wildman–Crippen MR) is 37.9 cm³/mol. The smallest absolute Gasteiger partial charge is 0.320 e. The molecular formula is C7H13NO2. The Morgan fingerprint density at radius 3 is 2.40 bits per heavy atom. The first-order chi connectivity index (χ1) is 4.63. The van der Waals surface area contributed by atoms with E-state index in [1.54, 1.807) is 0 Å². The third kappa shape index (κ3) is 1.14. The van der Waals surface area contributed by atoms with Crippen LogP contribution in [0.15, 0.2) is 0 Å². The Bertz CT molecular complexity index is 147. The van der Waals surface area contributed by atoms with Crippen LogP contribution in [-0.4, -0.2) is 35.1 Å². The van der Waals surface area contributed by atoms with Gasteiger partial charge in [-0.3, -0.25) is 9.69 Å². The lowest BCUT2D eigenvalue weighted by Crippen LogP contribution is -2.36. The van der Waals surface area contributed by atoms with Crippen molar-refractivity contribution in [2.45, 2.75) is 31.8 Å². The molecule has 3 heteroatoms. The van der Waals surface area contributed by atoms with Gasteiger partial charge >= 0.3 is 5.97 Å². The Morgan fingerprint density at radius 2 is 2.20 bits per heavy atom. The Morgan fingerprint density at radius 1 is 1.60 bits per heavy atom. The lowest BCUT2D eigenvalue weighted by atomic mass is 10.2. The molecule has 0 unspecified atom stereocenters. The van der Waals surface area contributed by atoms with Crippen LogP contribution in [-0.2, 0) is 4.79 Å². The van der Waals surface area contributed by atoms with Gasteiger partial charge in [-0.2, -0.15) is 0 Å². The second-order valence-electron chi connectivity index (χ2n) is 2.95. The molecule has 0 amide bonds. The van der Waals surface area contributed by atoms with Crippen LogP contribution in [0.3, 0.4) is 0 Å². The normalized spacial score (nSPS) is 34.6. The number of carboxylic acids is 1. The van der Waals surface area contributed by atoms with E-state index < -0.39 is 5.97 Å². The molecule has 3 nitrogen and oxygen atoms in total. The Kier molecular flexibility index (Phi) is 1.94. The van der Waals surface area contributed by atoms with Gasteiger partial charge in [-0.05, 0) is 26.8 Å². The third-order valence-corrected chi connectivity index (χ3v) is 2.33. The zero-order valence-corrected chi connectivity index (χ0v) is 6.37. The summed E-state index contributed by atoms with van der Waals surface area (Å²) >= 11 is 0. The van der Waals surface area contributed by atoms with E-state index in [0.29, 0.717) is 6.04 Å². The molecule has 1 aliphatic rings. The molecule has 0 bridgehead atoms. The number of likely N-dealkylation sites (tertiary alicyclic amines) is 1. The molecular weight excluding hydrogens is 130 g/mol. The molecule has 1 aliphatic heterocycles. The summed E-state index contributed by atoms with van der Waals surface area (Å²) in [6.07, 6.45) is 1.81. The molecule has 1 rings (SSSR count). The van der Waals surface area contributed by atoms with Gasteiger partial charge in [0, 0.05) is 6.04 Å². The van der Waals surface area contributed by atoms with Gasteiger partial charge in [0.2, 0.25) is 0 Å². The lowest BCUT2D eigenvalue weighted by Gasteiger charge is -2.19. The van der Waals surface area contributed by atoms with Gasteiger partial charge in [0.15, 0.2) is 0 Å². The summed E-state index contributed by atoms with van der Waals surface area (Å²) < 4.78 is 0. The summed E-state index contributed by atoms with van der Waals surface area (Å²) in [5.74, 6) is -0.688. The van der Waals surface area contributed by atoms with Crippen LogP contribution < -0.4 is 0 Å². The molecule has 0 saturated carbocycles. The summed E-state index contributed by atoms with van der Waals surface area (Å²) in [7, 11) is 1.87. The molecule has 0 aromatic carbocycles. The average Bonchev–Trinajstić information content (AvgIpc) is 2.14. The zero-order valence-electron chi connectivity index (χ0n) is 6.37. The van der Waals surface area contributed by atoms with Gasteiger partial charge in [0.25, 0.3) is 0 Å². The van der Waals surface area contributed by atoms with E-state index in [4.69, 9.17) is 5.11 Å². The molecule has 0 radical (unpaired) electrons. The molecule has 1 N–H and O–H groups in total. The topological polar surface area (TPSA) is 40.5 Å². The average molecular weight is 143 g/mol. The number of hydrogen-bond donors (Lipinski definition) is 1. The third-order valence-electron chi connectivity index (χ3n) is 2.33. The second kappa shape index (κ2) is 2.58. The molecule has 58 valence electrons. The van der Waals surface area contributed by atoms with Gasteiger partial charge in [-0.15, -0.1) is 0 Å². The van der Waals surface area contributed by atoms with Crippen LogP contribution in [0.4, 0.5) is 0 Å². The van der Waals surface area contributed by atoms with E-state index in [-0.39, 0.29) is 6.04 Å². The minimum Gasteiger partial charge on any atom is -0.480 e. The number of nitrogens with zero attached hydrogens (tertiary/aromatic N) is 1. The van der Waals surface area contributed by atoms with Gasteiger partial charge in [0.05, 0.1) is 0 Å². The summed E-state index contributed by atoms with van der Waals surface area (Å²) in [4.78, 5) is 12.4.